The lowest BCUT2D eigenvalue weighted by atomic mass is 9.93. The quantitative estimate of drug-likeness (QED) is 0.812. The number of carbonyl (C=O) groups is 1. The number of rotatable bonds is 5. The number of nitrogens with two attached hydrogens (primary N) is 1. The molecule has 4 heteroatoms. The maximum Gasteiger partial charge on any atom is 0.256 e. The first-order chi connectivity index (χ1) is 12.8. The first kappa shape index (κ1) is 17.7. The Morgan fingerprint density at radius 1 is 1.04 bits per heavy atom. The summed E-state index contributed by atoms with van der Waals surface area (Å²) in [5, 5.41) is 6.86. The van der Waals surface area contributed by atoms with Crippen LogP contribution < -0.4 is 10.6 Å². The number of hydrogen-bond acceptors (Lipinski definition) is 2. The van der Waals surface area contributed by atoms with Gasteiger partial charge in [-0.05, 0) is 69.1 Å². The standard InChI is InChI=1S/C22H28N2OS/c25-21(16-9-3-1-4-10-16)24-22-19(15-23-17-11-5-2-6-12-17)18-13-7-8-14-20(18)26-22/h1,3-4,9-10,17,23H,2,5-8,11-15H2,(H,24,25)/p+1. The van der Waals surface area contributed by atoms with Crippen LogP contribution in [0.25, 0.3) is 0 Å². The Hall–Kier alpha value is -1.65. The van der Waals surface area contributed by atoms with Gasteiger partial charge in [0.25, 0.3) is 5.91 Å². The summed E-state index contributed by atoms with van der Waals surface area (Å²) >= 11 is 1.82. The van der Waals surface area contributed by atoms with Gasteiger partial charge in [0.15, 0.2) is 0 Å². The summed E-state index contributed by atoms with van der Waals surface area (Å²) in [4.78, 5) is 14.2. The molecule has 0 saturated heterocycles. The summed E-state index contributed by atoms with van der Waals surface area (Å²) in [6.45, 7) is 1.01. The molecule has 1 aromatic carbocycles. The molecule has 0 aliphatic heterocycles. The lowest BCUT2D eigenvalue weighted by Crippen LogP contribution is -2.88. The number of nitrogens with one attached hydrogen (secondary N) is 1. The number of fused-ring (bicyclic) bond motifs is 1. The molecular weight excluding hydrogens is 340 g/mol. The zero-order valence-corrected chi connectivity index (χ0v) is 16.2. The molecule has 0 atom stereocenters. The number of hydrogen-bond donors (Lipinski definition) is 2. The molecule has 1 fully saturated rings. The molecule has 2 aliphatic carbocycles. The van der Waals surface area contributed by atoms with Crippen molar-refractivity contribution >= 4 is 22.2 Å². The minimum atomic E-state index is 0.0168. The van der Waals surface area contributed by atoms with E-state index in [1.54, 1.807) is 0 Å². The molecule has 1 amide bonds. The van der Waals surface area contributed by atoms with E-state index in [4.69, 9.17) is 0 Å². The molecule has 3 N–H and O–H groups in total. The molecule has 138 valence electrons. The van der Waals surface area contributed by atoms with Crippen LogP contribution in [0.5, 0.6) is 0 Å². The lowest BCUT2D eigenvalue weighted by Gasteiger charge is -2.21. The van der Waals surface area contributed by atoms with Crippen molar-refractivity contribution in [2.75, 3.05) is 5.32 Å². The van der Waals surface area contributed by atoms with Gasteiger partial charge < -0.3 is 10.6 Å². The van der Waals surface area contributed by atoms with E-state index in [9.17, 15) is 4.79 Å². The molecule has 0 radical (unpaired) electrons. The number of anilines is 1. The predicted octanol–water partition coefficient (Wildman–Crippen LogP) is 4.28. The van der Waals surface area contributed by atoms with E-state index in [0.29, 0.717) is 0 Å². The summed E-state index contributed by atoms with van der Waals surface area (Å²) in [6, 6.07) is 10.3. The average Bonchev–Trinajstić information content (AvgIpc) is 3.05. The second-order valence-electron chi connectivity index (χ2n) is 7.68. The van der Waals surface area contributed by atoms with Gasteiger partial charge in [-0.2, -0.15) is 0 Å². The summed E-state index contributed by atoms with van der Waals surface area (Å²) in [5.74, 6) is 0.0168. The zero-order chi connectivity index (χ0) is 17.8. The van der Waals surface area contributed by atoms with E-state index in [0.717, 1.165) is 23.2 Å². The molecule has 0 bridgehead atoms. The normalized spacial score (nSPS) is 17.7. The maximum absolute atomic E-state index is 12.7. The van der Waals surface area contributed by atoms with Crippen LogP contribution in [-0.2, 0) is 19.4 Å². The highest BCUT2D eigenvalue weighted by atomic mass is 32.1. The van der Waals surface area contributed by atoms with Crippen molar-refractivity contribution < 1.29 is 10.1 Å². The Morgan fingerprint density at radius 3 is 2.62 bits per heavy atom. The van der Waals surface area contributed by atoms with Gasteiger partial charge in [-0.3, -0.25) is 4.79 Å². The molecule has 0 spiro atoms. The van der Waals surface area contributed by atoms with Crippen molar-refractivity contribution in [1.29, 1.82) is 0 Å². The largest absolute Gasteiger partial charge is 0.340 e. The summed E-state index contributed by atoms with van der Waals surface area (Å²) in [6.07, 6.45) is 11.8. The minimum absolute atomic E-state index is 0.0168. The van der Waals surface area contributed by atoms with Crippen molar-refractivity contribution in [1.82, 2.24) is 0 Å². The third-order valence-corrected chi connectivity index (χ3v) is 7.10. The van der Waals surface area contributed by atoms with Crippen LogP contribution in [-0.4, -0.2) is 11.9 Å². The highest BCUT2D eigenvalue weighted by Gasteiger charge is 2.24. The number of aryl methyl sites for hydroxylation is 1. The van der Waals surface area contributed by atoms with E-state index in [2.05, 4.69) is 10.6 Å². The van der Waals surface area contributed by atoms with E-state index < -0.39 is 0 Å². The number of thiophene rings is 1. The molecule has 1 heterocycles. The van der Waals surface area contributed by atoms with E-state index in [-0.39, 0.29) is 5.91 Å². The minimum Gasteiger partial charge on any atom is -0.340 e. The fraction of sp³-hybridized carbons (Fsp3) is 0.500. The second kappa shape index (κ2) is 8.36. The second-order valence-corrected chi connectivity index (χ2v) is 8.78. The van der Waals surface area contributed by atoms with Crippen LogP contribution in [0.4, 0.5) is 5.00 Å². The van der Waals surface area contributed by atoms with Crippen molar-refractivity contribution in [3.63, 3.8) is 0 Å². The SMILES string of the molecule is O=C(Nc1sc2c(c1C[NH2+]C1CCCCC1)CCCC2)c1ccccc1. The van der Waals surface area contributed by atoms with Gasteiger partial charge in [-0.1, -0.05) is 24.6 Å². The summed E-state index contributed by atoms with van der Waals surface area (Å²) in [5.41, 5.74) is 3.68. The Kier molecular flexibility index (Phi) is 5.71. The fourth-order valence-electron chi connectivity index (χ4n) is 4.37. The Bertz CT molecular complexity index is 747. The first-order valence-corrected chi connectivity index (χ1v) is 11.0. The third kappa shape index (κ3) is 4.02. The zero-order valence-electron chi connectivity index (χ0n) is 15.4. The van der Waals surface area contributed by atoms with Crippen molar-refractivity contribution in [3.8, 4) is 0 Å². The molecule has 2 aliphatic rings. The summed E-state index contributed by atoms with van der Waals surface area (Å²) in [7, 11) is 0. The molecule has 4 rings (SSSR count). The topological polar surface area (TPSA) is 45.7 Å². The van der Waals surface area contributed by atoms with Crippen LogP contribution in [0, 0.1) is 0 Å². The molecule has 26 heavy (non-hydrogen) atoms. The van der Waals surface area contributed by atoms with E-state index in [1.165, 1.54) is 73.8 Å². The van der Waals surface area contributed by atoms with Crippen molar-refractivity contribution in [2.45, 2.75) is 70.4 Å². The fourth-order valence-corrected chi connectivity index (χ4v) is 5.68. The first-order valence-electron chi connectivity index (χ1n) is 10.1. The van der Waals surface area contributed by atoms with Gasteiger partial charge >= 0.3 is 0 Å². The molecule has 2 aromatic rings. The predicted molar refractivity (Wildman–Crippen MR) is 108 cm³/mol. The van der Waals surface area contributed by atoms with E-state index >= 15 is 0 Å². The smallest absolute Gasteiger partial charge is 0.256 e. The van der Waals surface area contributed by atoms with Crippen molar-refractivity contribution in [2.24, 2.45) is 0 Å². The number of carbonyl (C=O) groups excluding carboxylic acids is 1. The van der Waals surface area contributed by atoms with Crippen LogP contribution >= 0.6 is 11.3 Å². The highest BCUT2D eigenvalue weighted by Crippen LogP contribution is 2.38. The monoisotopic (exact) mass is 369 g/mol. The average molecular weight is 370 g/mol. The number of quaternary nitrogens is 1. The molecule has 3 nitrogen and oxygen atoms in total. The summed E-state index contributed by atoms with van der Waals surface area (Å²) < 4.78 is 0. The number of benzene rings is 1. The molecule has 1 aromatic heterocycles. The van der Waals surface area contributed by atoms with Crippen LogP contribution in [0.2, 0.25) is 0 Å². The Labute approximate surface area is 160 Å². The third-order valence-electron chi connectivity index (χ3n) is 5.85. The van der Waals surface area contributed by atoms with Gasteiger partial charge in [-0.15, -0.1) is 11.3 Å². The van der Waals surface area contributed by atoms with Gasteiger partial charge in [0.1, 0.15) is 11.5 Å². The van der Waals surface area contributed by atoms with Crippen molar-refractivity contribution in [3.05, 3.63) is 51.9 Å². The maximum atomic E-state index is 12.7. The Morgan fingerprint density at radius 2 is 1.81 bits per heavy atom. The van der Waals surface area contributed by atoms with Gasteiger partial charge in [0.2, 0.25) is 0 Å². The van der Waals surface area contributed by atoms with Gasteiger partial charge in [0.05, 0.1) is 6.04 Å². The van der Waals surface area contributed by atoms with Crippen LogP contribution in [0.3, 0.4) is 0 Å². The number of amides is 1. The lowest BCUT2D eigenvalue weighted by molar-refractivity contribution is -0.706. The molecule has 1 saturated carbocycles. The van der Waals surface area contributed by atoms with Gasteiger partial charge in [-0.25, -0.2) is 0 Å². The van der Waals surface area contributed by atoms with Crippen LogP contribution in [0.15, 0.2) is 30.3 Å². The highest BCUT2D eigenvalue weighted by molar-refractivity contribution is 7.16. The van der Waals surface area contributed by atoms with Crippen LogP contribution in [0.1, 0.15) is 71.3 Å². The molecule has 0 unspecified atom stereocenters. The van der Waals surface area contributed by atoms with Gasteiger partial charge in [0, 0.05) is 16.0 Å². The Balaban J connectivity index is 1.53. The van der Waals surface area contributed by atoms with E-state index in [1.807, 2.05) is 41.7 Å². The molecular formula is C22H29N2OS+.